The third-order valence-corrected chi connectivity index (χ3v) is 5.33. The quantitative estimate of drug-likeness (QED) is 0.685. The molecule has 7 heteroatoms. The Hall–Kier alpha value is -2.28. The maximum Gasteiger partial charge on any atom is 0.235 e. The Morgan fingerprint density at radius 2 is 2.22 bits per heavy atom. The van der Waals surface area contributed by atoms with Crippen molar-refractivity contribution in [3.8, 4) is 5.95 Å². The summed E-state index contributed by atoms with van der Waals surface area (Å²) in [6.45, 7) is 3.20. The van der Waals surface area contributed by atoms with Gasteiger partial charge in [0.2, 0.25) is 11.9 Å². The number of rotatable bonds is 9. The monoisotopic (exact) mass is 370 g/mol. The van der Waals surface area contributed by atoms with Crippen LogP contribution in [-0.2, 0) is 4.79 Å². The van der Waals surface area contributed by atoms with Gasteiger partial charge in [-0.2, -0.15) is 0 Å². The Balaban J connectivity index is 1.88. The van der Waals surface area contributed by atoms with Crippen LogP contribution in [-0.4, -0.2) is 42.9 Å². The topological polar surface area (TPSA) is 89.9 Å². The number of likely N-dealkylation sites (tertiary alicyclic amines) is 1. The van der Waals surface area contributed by atoms with Gasteiger partial charge in [-0.15, -0.1) is 0 Å². The third kappa shape index (κ3) is 5.13. The van der Waals surface area contributed by atoms with Crippen LogP contribution in [0.15, 0.2) is 31.0 Å². The lowest BCUT2D eigenvalue weighted by Gasteiger charge is -2.41. The van der Waals surface area contributed by atoms with Gasteiger partial charge in [0.25, 0.3) is 0 Å². The molecule has 2 unspecified atom stereocenters. The van der Waals surface area contributed by atoms with Crippen LogP contribution < -0.4 is 5.73 Å². The zero-order valence-corrected chi connectivity index (χ0v) is 16.1. The van der Waals surface area contributed by atoms with E-state index in [1.807, 2.05) is 23.0 Å². The van der Waals surface area contributed by atoms with Gasteiger partial charge in [0.15, 0.2) is 0 Å². The second kappa shape index (κ2) is 9.60. The number of primary amides is 1. The molecule has 1 aliphatic heterocycles. The zero-order chi connectivity index (χ0) is 19.1. The van der Waals surface area contributed by atoms with Gasteiger partial charge in [-0.25, -0.2) is 15.0 Å². The van der Waals surface area contributed by atoms with E-state index >= 15 is 0 Å². The van der Waals surface area contributed by atoms with Crippen molar-refractivity contribution in [3.05, 3.63) is 36.7 Å². The van der Waals surface area contributed by atoms with Crippen LogP contribution >= 0.6 is 0 Å². The molecule has 3 heterocycles. The van der Waals surface area contributed by atoms with Crippen molar-refractivity contribution in [2.45, 2.75) is 70.4 Å². The molecule has 7 nitrogen and oxygen atoms in total. The predicted octanol–water partition coefficient (Wildman–Crippen LogP) is 3.01. The Bertz CT molecular complexity index is 717. The first kappa shape index (κ1) is 19.5. The van der Waals surface area contributed by atoms with Gasteiger partial charge in [-0.05, 0) is 31.9 Å². The molecule has 2 aromatic rings. The van der Waals surface area contributed by atoms with Gasteiger partial charge in [-0.3, -0.25) is 14.3 Å². The predicted molar refractivity (Wildman–Crippen MR) is 104 cm³/mol. The van der Waals surface area contributed by atoms with E-state index in [9.17, 15) is 4.79 Å². The van der Waals surface area contributed by atoms with Crippen LogP contribution in [0.5, 0.6) is 0 Å². The summed E-state index contributed by atoms with van der Waals surface area (Å²) in [5.41, 5.74) is 6.55. The summed E-state index contributed by atoms with van der Waals surface area (Å²) in [5, 5.41) is 0. The van der Waals surface area contributed by atoms with Crippen LogP contribution in [0.1, 0.15) is 70.0 Å². The first-order valence-corrected chi connectivity index (χ1v) is 10.0. The summed E-state index contributed by atoms with van der Waals surface area (Å²) in [6, 6.07) is 2.40. The van der Waals surface area contributed by atoms with Gasteiger partial charge in [-0.1, -0.05) is 32.6 Å². The Labute approximate surface area is 161 Å². The molecular formula is C20H30N6O. The van der Waals surface area contributed by atoms with E-state index in [1.54, 1.807) is 12.5 Å². The van der Waals surface area contributed by atoms with Gasteiger partial charge >= 0.3 is 0 Å². The molecule has 2 aromatic heterocycles. The van der Waals surface area contributed by atoms with Crippen molar-refractivity contribution in [3.63, 3.8) is 0 Å². The highest BCUT2D eigenvalue weighted by atomic mass is 16.1. The van der Waals surface area contributed by atoms with E-state index in [0.717, 1.165) is 44.3 Å². The zero-order valence-electron chi connectivity index (χ0n) is 16.1. The van der Waals surface area contributed by atoms with E-state index in [2.05, 4.69) is 21.8 Å². The molecule has 1 amide bonds. The highest BCUT2D eigenvalue weighted by Crippen LogP contribution is 2.33. The molecule has 1 saturated heterocycles. The van der Waals surface area contributed by atoms with Gasteiger partial charge in [0.05, 0.1) is 11.7 Å². The van der Waals surface area contributed by atoms with Crippen molar-refractivity contribution >= 4 is 5.91 Å². The Kier molecular flexibility index (Phi) is 6.92. The van der Waals surface area contributed by atoms with Gasteiger partial charge in [0, 0.05) is 31.1 Å². The number of carbonyl (C=O) groups excluding carboxylic acids is 1. The lowest BCUT2D eigenvalue weighted by molar-refractivity contribution is -0.119. The summed E-state index contributed by atoms with van der Waals surface area (Å²) in [5.74, 6) is 0.412. The molecule has 146 valence electrons. The van der Waals surface area contributed by atoms with Gasteiger partial charge < -0.3 is 5.73 Å². The minimum atomic E-state index is -0.221. The van der Waals surface area contributed by atoms with Crippen molar-refractivity contribution in [1.82, 2.24) is 24.4 Å². The van der Waals surface area contributed by atoms with Crippen LogP contribution in [0.3, 0.4) is 0 Å². The molecule has 0 aromatic carbocycles. The van der Waals surface area contributed by atoms with Crippen LogP contribution in [0, 0.1) is 0 Å². The number of amides is 1. The number of nitrogens with zero attached hydrogens (tertiary/aromatic N) is 5. The second-order valence-electron chi connectivity index (χ2n) is 7.32. The number of nitrogens with two attached hydrogens (primary N) is 1. The van der Waals surface area contributed by atoms with Gasteiger partial charge in [0.1, 0.15) is 6.33 Å². The van der Waals surface area contributed by atoms with E-state index < -0.39 is 0 Å². The van der Waals surface area contributed by atoms with Crippen molar-refractivity contribution < 1.29 is 4.79 Å². The molecule has 2 N–H and O–H groups in total. The number of carbonyl (C=O) groups is 1. The minimum absolute atomic E-state index is 0.187. The number of piperidine rings is 1. The normalized spacial score (nSPS) is 19.1. The maximum absolute atomic E-state index is 11.6. The van der Waals surface area contributed by atoms with Crippen molar-refractivity contribution in [2.75, 3.05) is 6.54 Å². The third-order valence-electron chi connectivity index (χ3n) is 5.33. The van der Waals surface area contributed by atoms with E-state index in [1.165, 1.54) is 12.8 Å². The summed E-state index contributed by atoms with van der Waals surface area (Å²) >= 11 is 0. The average Bonchev–Trinajstić information content (AvgIpc) is 3.21. The van der Waals surface area contributed by atoms with E-state index in [0.29, 0.717) is 12.4 Å². The number of hydrogen-bond donors (Lipinski definition) is 1. The molecular weight excluding hydrogens is 340 g/mol. The minimum Gasteiger partial charge on any atom is -0.370 e. The lowest BCUT2D eigenvalue weighted by atomic mass is 9.93. The van der Waals surface area contributed by atoms with E-state index in [-0.39, 0.29) is 18.0 Å². The fraction of sp³-hybridized carbons (Fsp3) is 0.600. The fourth-order valence-electron chi connectivity index (χ4n) is 4.01. The first-order chi connectivity index (χ1) is 13.2. The summed E-state index contributed by atoms with van der Waals surface area (Å²) in [7, 11) is 0. The van der Waals surface area contributed by atoms with Crippen molar-refractivity contribution in [1.29, 1.82) is 0 Å². The summed E-state index contributed by atoms with van der Waals surface area (Å²) in [4.78, 5) is 27.4. The number of aromatic nitrogens is 4. The number of imidazole rings is 1. The maximum atomic E-state index is 11.6. The Morgan fingerprint density at radius 3 is 2.96 bits per heavy atom. The smallest absolute Gasteiger partial charge is 0.235 e. The van der Waals surface area contributed by atoms with Crippen LogP contribution in [0.25, 0.3) is 5.95 Å². The highest BCUT2D eigenvalue weighted by molar-refractivity contribution is 5.74. The van der Waals surface area contributed by atoms with Crippen LogP contribution in [0.4, 0.5) is 0 Å². The van der Waals surface area contributed by atoms with Crippen LogP contribution in [0.2, 0.25) is 0 Å². The summed E-state index contributed by atoms with van der Waals surface area (Å²) in [6.07, 6.45) is 15.4. The van der Waals surface area contributed by atoms with E-state index in [4.69, 9.17) is 10.7 Å². The molecule has 0 radical (unpaired) electrons. The fourth-order valence-corrected chi connectivity index (χ4v) is 4.01. The highest BCUT2D eigenvalue weighted by Gasteiger charge is 2.31. The van der Waals surface area contributed by atoms with Crippen molar-refractivity contribution in [2.24, 2.45) is 5.73 Å². The second-order valence-corrected chi connectivity index (χ2v) is 7.32. The lowest BCUT2D eigenvalue weighted by Crippen LogP contribution is -2.44. The molecule has 2 atom stereocenters. The molecule has 0 aliphatic carbocycles. The molecule has 0 bridgehead atoms. The largest absolute Gasteiger partial charge is 0.370 e. The number of unbranched alkanes of at least 4 members (excludes halogenated alkanes) is 2. The molecule has 0 spiro atoms. The molecule has 27 heavy (non-hydrogen) atoms. The SMILES string of the molecule is CCCCCC(c1ccnc(-n2ccnc2)n1)N1CCCCC1CC(N)=O. The number of hydrogen-bond acceptors (Lipinski definition) is 5. The molecule has 3 rings (SSSR count). The summed E-state index contributed by atoms with van der Waals surface area (Å²) < 4.78 is 1.82. The standard InChI is InChI=1S/C20H30N6O/c1-2-3-4-8-18(26-12-6-5-7-16(26)14-19(21)27)17-9-10-23-20(24-17)25-13-11-22-15-25/h9-11,13,15-16,18H,2-8,12,14H2,1H3,(H2,21,27). The first-order valence-electron chi connectivity index (χ1n) is 10.0. The Morgan fingerprint density at radius 1 is 1.33 bits per heavy atom. The molecule has 1 fully saturated rings. The molecule has 0 saturated carbocycles. The average molecular weight is 371 g/mol. The molecule has 1 aliphatic rings.